The van der Waals surface area contributed by atoms with Crippen molar-refractivity contribution in [1.82, 2.24) is 19.4 Å². The van der Waals surface area contributed by atoms with E-state index in [1.807, 2.05) is 59.3 Å². The first-order valence-corrected chi connectivity index (χ1v) is 7.84. The second-order valence-corrected chi connectivity index (χ2v) is 5.47. The maximum absolute atomic E-state index is 5.73. The van der Waals surface area contributed by atoms with E-state index in [0.29, 0.717) is 18.3 Å². The van der Waals surface area contributed by atoms with Crippen molar-refractivity contribution in [3.63, 3.8) is 0 Å². The van der Waals surface area contributed by atoms with Crippen LogP contribution in [-0.4, -0.2) is 26.5 Å². The fourth-order valence-corrected chi connectivity index (χ4v) is 2.50. The summed E-state index contributed by atoms with van der Waals surface area (Å²) in [6.45, 7) is 0.396. The molecule has 1 aromatic carbocycles. The zero-order valence-electron chi connectivity index (χ0n) is 13.7. The average molecular weight is 332 g/mol. The molecule has 6 nitrogen and oxygen atoms in total. The van der Waals surface area contributed by atoms with Gasteiger partial charge in [-0.2, -0.15) is 0 Å². The molecule has 4 rings (SSSR count). The van der Waals surface area contributed by atoms with Gasteiger partial charge in [-0.05, 0) is 18.2 Å². The highest BCUT2D eigenvalue weighted by atomic mass is 16.5. The summed E-state index contributed by atoms with van der Waals surface area (Å²) in [7, 11) is 1.60. The number of pyridine rings is 1. The van der Waals surface area contributed by atoms with Crippen LogP contribution in [-0.2, 0) is 6.61 Å². The maximum atomic E-state index is 5.73. The molecular weight excluding hydrogens is 316 g/mol. The maximum Gasteiger partial charge on any atom is 0.234 e. The first-order chi connectivity index (χ1) is 12.3. The zero-order chi connectivity index (χ0) is 17.1. The monoisotopic (exact) mass is 332 g/mol. The SMILES string of the molecule is COc1ccc(-c2cnc3nc(COc4ccccc4)cn3c2)cn1. The van der Waals surface area contributed by atoms with E-state index in [2.05, 4.69) is 15.0 Å². The highest BCUT2D eigenvalue weighted by Gasteiger charge is 2.06. The van der Waals surface area contributed by atoms with Gasteiger partial charge in [0.25, 0.3) is 0 Å². The van der Waals surface area contributed by atoms with Crippen LogP contribution in [0.2, 0.25) is 0 Å². The Morgan fingerprint density at radius 2 is 1.76 bits per heavy atom. The Balaban J connectivity index is 1.56. The minimum Gasteiger partial charge on any atom is -0.487 e. The molecule has 0 aliphatic carbocycles. The van der Waals surface area contributed by atoms with Crippen LogP contribution in [0.4, 0.5) is 0 Å². The molecule has 3 heterocycles. The molecule has 0 unspecified atom stereocenters. The van der Waals surface area contributed by atoms with E-state index in [-0.39, 0.29) is 0 Å². The van der Waals surface area contributed by atoms with E-state index < -0.39 is 0 Å². The van der Waals surface area contributed by atoms with Gasteiger partial charge in [-0.25, -0.2) is 15.0 Å². The summed E-state index contributed by atoms with van der Waals surface area (Å²) in [5.74, 6) is 2.04. The molecule has 0 amide bonds. The van der Waals surface area contributed by atoms with Crippen LogP contribution >= 0.6 is 0 Å². The molecule has 3 aromatic heterocycles. The number of hydrogen-bond donors (Lipinski definition) is 0. The van der Waals surface area contributed by atoms with E-state index in [4.69, 9.17) is 9.47 Å². The molecular formula is C19H16N4O2. The molecule has 4 aromatic rings. The van der Waals surface area contributed by atoms with E-state index in [1.165, 1.54) is 0 Å². The number of imidazole rings is 1. The molecule has 0 saturated carbocycles. The third-order valence-corrected chi connectivity index (χ3v) is 3.77. The summed E-state index contributed by atoms with van der Waals surface area (Å²) in [5, 5.41) is 0. The fourth-order valence-electron chi connectivity index (χ4n) is 2.50. The van der Waals surface area contributed by atoms with Crippen molar-refractivity contribution in [2.45, 2.75) is 6.61 Å². The van der Waals surface area contributed by atoms with E-state index in [0.717, 1.165) is 22.6 Å². The van der Waals surface area contributed by atoms with Gasteiger partial charge in [0.05, 0.1) is 12.8 Å². The Morgan fingerprint density at radius 1 is 0.920 bits per heavy atom. The zero-order valence-corrected chi connectivity index (χ0v) is 13.7. The Labute approximate surface area is 144 Å². The van der Waals surface area contributed by atoms with E-state index in [1.54, 1.807) is 19.5 Å². The quantitative estimate of drug-likeness (QED) is 0.561. The second kappa shape index (κ2) is 6.60. The van der Waals surface area contributed by atoms with Gasteiger partial charge in [0.1, 0.15) is 12.4 Å². The Kier molecular flexibility index (Phi) is 4.00. The van der Waals surface area contributed by atoms with Crippen molar-refractivity contribution in [2.75, 3.05) is 7.11 Å². The molecule has 0 aliphatic heterocycles. The third-order valence-electron chi connectivity index (χ3n) is 3.77. The molecule has 0 fully saturated rings. The van der Waals surface area contributed by atoms with Gasteiger partial charge >= 0.3 is 0 Å². The highest BCUT2D eigenvalue weighted by molar-refractivity contribution is 5.61. The van der Waals surface area contributed by atoms with Crippen molar-refractivity contribution in [2.24, 2.45) is 0 Å². The van der Waals surface area contributed by atoms with Crippen LogP contribution in [0.15, 0.2) is 67.3 Å². The summed E-state index contributed by atoms with van der Waals surface area (Å²) in [5.41, 5.74) is 2.74. The molecule has 0 bridgehead atoms. The van der Waals surface area contributed by atoms with Crippen LogP contribution in [0.5, 0.6) is 11.6 Å². The Hall–Kier alpha value is -3.41. The summed E-state index contributed by atoms with van der Waals surface area (Å²) in [6.07, 6.45) is 7.45. The van der Waals surface area contributed by atoms with Crippen LogP contribution in [0.25, 0.3) is 16.9 Å². The molecule has 0 spiro atoms. The minimum absolute atomic E-state index is 0.396. The lowest BCUT2D eigenvalue weighted by Gasteiger charge is -2.03. The first kappa shape index (κ1) is 15.1. The van der Waals surface area contributed by atoms with Crippen molar-refractivity contribution in [3.05, 3.63) is 72.9 Å². The highest BCUT2D eigenvalue weighted by Crippen LogP contribution is 2.20. The van der Waals surface area contributed by atoms with Gasteiger partial charge < -0.3 is 9.47 Å². The minimum atomic E-state index is 0.396. The van der Waals surface area contributed by atoms with Gasteiger partial charge in [-0.3, -0.25) is 4.40 Å². The predicted octanol–water partition coefficient (Wildman–Crippen LogP) is 3.38. The molecule has 0 aliphatic rings. The van der Waals surface area contributed by atoms with Crippen molar-refractivity contribution >= 4 is 5.78 Å². The summed E-state index contributed by atoms with van der Waals surface area (Å²) in [4.78, 5) is 13.1. The van der Waals surface area contributed by atoms with Gasteiger partial charge in [-0.15, -0.1) is 0 Å². The van der Waals surface area contributed by atoms with Crippen LogP contribution in [0.1, 0.15) is 5.69 Å². The molecule has 0 atom stereocenters. The number of fused-ring (bicyclic) bond motifs is 1. The predicted molar refractivity (Wildman–Crippen MR) is 93.5 cm³/mol. The van der Waals surface area contributed by atoms with Crippen molar-refractivity contribution in [1.29, 1.82) is 0 Å². The Bertz CT molecular complexity index is 981. The van der Waals surface area contributed by atoms with Gasteiger partial charge in [0.15, 0.2) is 0 Å². The molecule has 0 saturated heterocycles. The van der Waals surface area contributed by atoms with Crippen molar-refractivity contribution in [3.8, 4) is 22.8 Å². The molecule has 0 N–H and O–H groups in total. The van der Waals surface area contributed by atoms with Gasteiger partial charge in [-0.1, -0.05) is 18.2 Å². The van der Waals surface area contributed by atoms with E-state index >= 15 is 0 Å². The largest absolute Gasteiger partial charge is 0.487 e. The van der Waals surface area contributed by atoms with Crippen molar-refractivity contribution < 1.29 is 9.47 Å². The third kappa shape index (κ3) is 3.28. The van der Waals surface area contributed by atoms with Crippen LogP contribution < -0.4 is 9.47 Å². The number of aromatic nitrogens is 4. The number of ether oxygens (including phenoxy) is 2. The lowest BCUT2D eigenvalue weighted by atomic mass is 10.1. The lowest BCUT2D eigenvalue weighted by molar-refractivity contribution is 0.302. The number of para-hydroxylation sites is 1. The van der Waals surface area contributed by atoms with Crippen LogP contribution in [0, 0.1) is 0 Å². The summed E-state index contributed by atoms with van der Waals surface area (Å²) in [6, 6.07) is 13.5. The first-order valence-electron chi connectivity index (χ1n) is 7.84. The Morgan fingerprint density at radius 3 is 2.52 bits per heavy atom. The topological polar surface area (TPSA) is 61.5 Å². The lowest BCUT2D eigenvalue weighted by Crippen LogP contribution is -1.94. The number of hydrogen-bond acceptors (Lipinski definition) is 5. The smallest absolute Gasteiger partial charge is 0.234 e. The summed E-state index contributed by atoms with van der Waals surface area (Å²) < 4.78 is 12.7. The second-order valence-electron chi connectivity index (χ2n) is 5.47. The molecule has 124 valence electrons. The number of methoxy groups -OCH3 is 1. The normalized spacial score (nSPS) is 10.8. The van der Waals surface area contributed by atoms with Gasteiger partial charge in [0, 0.05) is 42.0 Å². The van der Waals surface area contributed by atoms with Gasteiger partial charge in [0.2, 0.25) is 11.7 Å². The van der Waals surface area contributed by atoms with E-state index in [9.17, 15) is 0 Å². The number of nitrogens with zero attached hydrogens (tertiary/aromatic N) is 4. The number of rotatable bonds is 5. The fraction of sp³-hybridized carbons (Fsp3) is 0.105. The number of benzene rings is 1. The standard InChI is InChI=1S/C19H16N4O2/c1-24-18-8-7-14(9-20-18)15-10-21-19-22-16(12-23(19)11-15)13-25-17-5-3-2-4-6-17/h2-12H,13H2,1H3. The van der Waals surface area contributed by atoms with Crippen LogP contribution in [0.3, 0.4) is 0 Å². The molecule has 25 heavy (non-hydrogen) atoms. The summed E-state index contributed by atoms with van der Waals surface area (Å²) >= 11 is 0. The molecule has 0 radical (unpaired) electrons. The molecule has 6 heteroatoms. The average Bonchev–Trinajstić information content (AvgIpc) is 3.09.